The number of aromatic nitrogens is 2. The highest BCUT2D eigenvalue weighted by Gasteiger charge is 2.42. The lowest BCUT2D eigenvalue weighted by atomic mass is 9.90. The number of pyridine rings is 2. The van der Waals surface area contributed by atoms with Crippen molar-refractivity contribution >= 4 is 59.5 Å². The number of benzene rings is 3. The number of hydrogen-bond donors (Lipinski definition) is 0. The van der Waals surface area contributed by atoms with Gasteiger partial charge in [-0.2, -0.15) is 0 Å². The van der Waals surface area contributed by atoms with Crippen molar-refractivity contribution in [1.29, 1.82) is 0 Å². The van der Waals surface area contributed by atoms with Gasteiger partial charge in [0, 0.05) is 45.1 Å². The third kappa shape index (κ3) is 5.59. The highest BCUT2D eigenvalue weighted by molar-refractivity contribution is 6.91. The van der Waals surface area contributed by atoms with E-state index in [0.29, 0.717) is 33.2 Å². The SMILES string of the molecule is CC(C)[Si](C#Cc1c2cc3cccnc3cc2c(C#C[Si](C(C)C)(C(C)C)C(C)C)c2cc3cccnc3cc12)(C(C)C)C(C)C. The maximum absolute atomic E-state index is 4.80. The summed E-state index contributed by atoms with van der Waals surface area (Å²) in [7, 11) is -3.99. The Morgan fingerprint density at radius 2 is 0.761 bits per heavy atom. The van der Waals surface area contributed by atoms with E-state index in [1.165, 1.54) is 10.8 Å². The Bertz CT molecular complexity index is 1760. The molecule has 0 fully saturated rings. The number of hydrogen-bond acceptors (Lipinski definition) is 2. The van der Waals surface area contributed by atoms with E-state index in [-0.39, 0.29) is 0 Å². The monoisotopic (exact) mass is 640 g/mol. The second-order valence-electron chi connectivity index (χ2n) is 15.2. The molecule has 5 aromatic rings. The van der Waals surface area contributed by atoms with Crippen molar-refractivity contribution in [3.8, 4) is 22.9 Å². The molecule has 0 aliphatic heterocycles. The summed E-state index contributed by atoms with van der Waals surface area (Å²) in [5, 5.41) is 6.92. The lowest BCUT2D eigenvalue weighted by Crippen LogP contribution is -2.43. The average molecular weight is 641 g/mol. The van der Waals surface area contributed by atoms with Gasteiger partial charge in [0.15, 0.2) is 0 Å². The van der Waals surface area contributed by atoms with Gasteiger partial charge in [0.25, 0.3) is 0 Å². The average Bonchev–Trinajstić information content (AvgIpc) is 2.99. The van der Waals surface area contributed by atoms with Crippen molar-refractivity contribution in [2.45, 2.75) is 116 Å². The van der Waals surface area contributed by atoms with Crippen molar-refractivity contribution < 1.29 is 0 Å². The first-order valence-electron chi connectivity index (χ1n) is 17.3. The topological polar surface area (TPSA) is 25.8 Å². The van der Waals surface area contributed by atoms with Crippen LogP contribution in [0.1, 0.15) is 94.2 Å². The molecule has 0 spiro atoms. The Hall–Kier alpha value is -3.45. The summed E-state index contributed by atoms with van der Waals surface area (Å²) < 4.78 is 0. The van der Waals surface area contributed by atoms with Crippen molar-refractivity contribution in [3.63, 3.8) is 0 Å². The summed E-state index contributed by atoms with van der Waals surface area (Å²) in [5.74, 6) is 7.85. The lowest BCUT2D eigenvalue weighted by Gasteiger charge is -2.38. The fourth-order valence-electron chi connectivity index (χ4n) is 8.84. The summed E-state index contributed by atoms with van der Waals surface area (Å²) in [5.41, 5.74) is 15.7. The van der Waals surface area contributed by atoms with Crippen LogP contribution in [0.15, 0.2) is 60.9 Å². The van der Waals surface area contributed by atoms with Crippen LogP contribution in [0.4, 0.5) is 0 Å². The Balaban J connectivity index is 2.02. The number of rotatable bonds is 6. The summed E-state index contributed by atoms with van der Waals surface area (Å²) >= 11 is 0. The first kappa shape index (κ1) is 33.9. The van der Waals surface area contributed by atoms with Gasteiger partial charge in [-0.3, -0.25) is 9.97 Å². The van der Waals surface area contributed by atoms with Crippen LogP contribution in [0.3, 0.4) is 0 Å². The minimum Gasteiger partial charge on any atom is -0.256 e. The first-order valence-corrected chi connectivity index (χ1v) is 21.8. The van der Waals surface area contributed by atoms with Gasteiger partial charge >= 0.3 is 0 Å². The molecule has 0 bridgehead atoms. The summed E-state index contributed by atoms with van der Waals surface area (Å²) in [4.78, 5) is 9.60. The van der Waals surface area contributed by atoms with E-state index in [1.54, 1.807) is 0 Å². The molecule has 0 aliphatic rings. The van der Waals surface area contributed by atoms with E-state index in [0.717, 1.165) is 43.7 Å². The minimum atomic E-state index is -2.00. The Morgan fingerprint density at radius 1 is 0.457 bits per heavy atom. The van der Waals surface area contributed by atoms with E-state index in [2.05, 4.69) is 142 Å². The van der Waals surface area contributed by atoms with Gasteiger partial charge in [-0.1, -0.05) is 107 Å². The normalized spacial score (nSPS) is 12.7. The zero-order valence-corrected chi connectivity index (χ0v) is 32.1. The molecule has 5 rings (SSSR count). The van der Waals surface area contributed by atoms with Gasteiger partial charge in [0.1, 0.15) is 16.1 Å². The van der Waals surface area contributed by atoms with Crippen molar-refractivity contribution in [1.82, 2.24) is 9.97 Å². The zero-order chi connectivity index (χ0) is 33.6. The van der Waals surface area contributed by atoms with Crippen LogP contribution in [0.5, 0.6) is 0 Å². The maximum Gasteiger partial charge on any atom is 0.146 e. The molecule has 238 valence electrons. The molecule has 0 amide bonds. The quantitative estimate of drug-likeness (QED) is 0.105. The maximum atomic E-state index is 4.80. The van der Waals surface area contributed by atoms with Gasteiger partial charge < -0.3 is 0 Å². The van der Waals surface area contributed by atoms with Gasteiger partial charge in [-0.25, -0.2) is 0 Å². The van der Waals surface area contributed by atoms with Gasteiger partial charge in [0.2, 0.25) is 0 Å². The molecule has 0 aliphatic carbocycles. The van der Waals surface area contributed by atoms with Crippen LogP contribution in [0.25, 0.3) is 43.4 Å². The molecular weight excluding hydrogens is 589 g/mol. The van der Waals surface area contributed by atoms with E-state index in [4.69, 9.17) is 9.97 Å². The Labute approximate surface area is 279 Å². The molecule has 2 heterocycles. The second-order valence-corrected chi connectivity index (χ2v) is 26.4. The molecule has 0 saturated heterocycles. The summed E-state index contributed by atoms with van der Waals surface area (Å²) in [6.07, 6.45) is 3.78. The van der Waals surface area contributed by atoms with E-state index in [1.807, 2.05) is 24.5 Å². The number of fused-ring (bicyclic) bond motifs is 4. The molecule has 3 aromatic carbocycles. The van der Waals surface area contributed by atoms with E-state index >= 15 is 0 Å². The lowest BCUT2D eigenvalue weighted by molar-refractivity contribution is 0.838. The predicted octanol–water partition coefficient (Wildman–Crippen LogP) is 12.2. The predicted molar refractivity (Wildman–Crippen MR) is 208 cm³/mol. The van der Waals surface area contributed by atoms with Gasteiger partial charge in [-0.15, -0.1) is 11.1 Å². The largest absolute Gasteiger partial charge is 0.256 e. The molecule has 0 saturated carbocycles. The third-order valence-corrected chi connectivity index (χ3v) is 23.7. The zero-order valence-electron chi connectivity index (χ0n) is 30.1. The van der Waals surface area contributed by atoms with Crippen molar-refractivity contribution in [3.05, 3.63) is 72.1 Å². The molecule has 0 atom stereocenters. The molecule has 2 nitrogen and oxygen atoms in total. The Kier molecular flexibility index (Phi) is 9.57. The fraction of sp³-hybridized carbons (Fsp3) is 0.429. The first-order chi connectivity index (χ1) is 21.7. The molecular formula is C42H52N2Si2. The molecule has 0 unspecified atom stereocenters. The molecule has 0 N–H and O–H groups in total. The van der Waals surface area contributed by atoms with E-state index < -0.39 is 16.1 Å². The van der Waals surface area contributed by atoms with Gasteiger partial charge in [-0.05, 0) is 80.4 Å². The van der Waals surface area contributed by atoms with Crippen LogP contribution < -0.4 is 0 Å². The van der Waals surface area contributed by atoms with Crippen LogP contribution >= 0.6 is 0 Å². The summed E-state index contributed by atoms with van der Waals surface area (Å²) in [6, 6.07) is 17.6. The third-order valence-electron chi connectivity index (χ3n) is 11.1. The fourth-order valence-corrected chi connectivity index (χ4v) is 19.3. The van der Waals surface area contributed by atoms with Crippen molar-refractivity contribution in [2.75, 3.05) is 0 Å². The smallest absolute Gasteiger partial charge is 0.146 e. The molecule has 2 aromatic heterocycles. The standard InChI is InChI=1S/C42H52N2Si2/c1-27(2)45(28(3)4,29(5)6)21-17-35-37-23-33-15-13-20-44-42(33)26-40(37)36(18-22-46(30(7)8,31(9)10)32(11)12)38-24-34-16-14-19-43-41(34)25-39(35)38/h13-16,19-20,23-32H,1-12H3. The van der Waals surface area contributed by atoms with Crippen molar-refractivity contribution in [2.24, 2.45) is 0 Å². The summed E-state index contributed by atoms with van der Waals surface area (Å²) in [6.45, 7) is 28.7. The Morgan fingerprint density at radius 3 is 1.07 bits per heavy atom. The molecule has 0 radical (unpaired) electrons. The number of nitrogens with zero attached hydrogens (tertiary/aromatic N) is 2. The molecule has 46 heavy (non-hydrogen) atoms. The van der Waals surface area contributed by atoms with Crippen LogP contribution in [-0.2, 0) is 0 Å². The highest BCUT2D eigenvalue weighted by atomic mass is 28.3. The van der Waals surface area contributed by atoms with Crippen LogP contribution in [0.2, 0.25) is 33.2 Å². The van der Waals surface area contributed by atoms with Crippen LogP contribution in [-0.4, -0.2) is 26.1 Å². The van der Waals surface area contributed by atoms with Crippen LogP contribution in [0, 0.1) is 22.9 Å². The highest BCUT2D eigenvalue weighted by Crippen LogP contribution is 2.43. The second kappa shape index (κ2) is 13.0. The molecule has 4 heteroatoms. The van der Waals surface area contributed by atoms with Gasteiger partial charge in [0.05, 0.1) is 11.0 Å². The minimum absolute atomic E-state index is 0.552. The van der Waals surface area contributed by atoms with E-state index in [9.17, 15) is 0 Å².